The van der Waals surface area contributed by atoms with Crippen molar-refractivity contribution in [3.63, 3.8) is 0 Å². The average Bonchev–Trinajstić information content (AvgIpc) is 2.76. The van der Waals surface area contributed by atoms with Gasteiger partial charge in [0.05, 0.1) is 0 Å². The van der Waals surface area contributed by atoms with E-state index in [1.807, 2.05) is 13.1 Å². The fourth-order valence-corrected chi connectivity index (χ4v) is 1.78. The summed E-state index contributed by atoms with van der Waals surface area (Å²) >= 11 is 0. The maximum Gasteiger partial charge on any atom is 0.303 e. The van der Waals surface area contributed by atoms with Crippen LogP contribution in [-0.2, 0) is 23.1 Å². The molecule has 0 bridgehead atoms. The van der Waals surface area contributed by atoms with Crippen LogP contribution >= 0.6 is 0 Å². The molecule has 6 nitrogen and oxygen atoms in total. The third-order valence-corrected chi connectivity index (χ3v) is 2.92. The van der Waals surface area contributed by atoms with E-state index in [2.05, 4.69) is 10.4 Å². The Morgan fingerprint density at radius 2 is 2.11 bits per heavy atom. The Hall–Kier alpha value is -1.85. The van der Waals surface area contributed by atoms with E-state index in [1.54, 1.807) is 10.9 Å². The van der Waals surface area contributed by atoms with Crippen LogP contribution in [0.1, 0.15) is 37.8 Å². The van der Waals surface area contributed by atoms with Crippen LogP contribution in [0, 0.1) is 0 Å². The van der Waals surface area contributed by atoms with E-state index in [1.165, 1.54) is 0 Å². The number of aromatic nitrogens is 2. The maximum absolute atomic E-state index is 11.6. The zero-order valence-corrected chi connectivity index (χ0v) is 11.3. The van der Waals surface area contributed by atoms with Crippen LogP contribution < -0.4 is 5.32 Å². The number of hydrogen-bond acceptors (Lipinski definition) is 3. The highest BCUT2D eigenvalue weighted by molar-refractivity contribution is 5.76. The molecule has 1 aromatic heterocycles. The monoisotopic (exact) mass is 267 g/mol. The SMILES string of the molecule is Cn1nccc1CCC(=O)NCCCCCC(=O)O. The number of rotatable bonds is 9. The quantitative estimate of drug-likeness (QED) is 0.656. The van der Waals surface area contributed by atoms with Crippen molar-refractivity contribution in [3.8, 4) is 0 Å². The lowest BCUT2D eigenvalue weighted by atomic mass is 10.2. The summed E-state index contributed by atoms with van der Waals surface area (Å²) in [5.74, 6) is -0.736. The smallest absolute Gasteiger partial charge is 0.303 e. The Morgan fingerprint density at radius 3 is 2.74 bits per heavy atom. The zero-order valence-electron chi connectivity index (χ0n) is 11.3. The van der Waals surface area contributed by atoms with Gasteiger partial charge in [-0.2, -0.15) is 5.10 Å². The molecule has 0 radical (unpaired) electrons. The van der Waals surface area contributed by atoms with Crippen molar-refractivity contribution in [3.05, 3.63) is 18.0 Å². The van der Waals surface area contributed by atoms with E-state index in [-0.39, 0.29) is 12.3 Å². The third-order valence-electron chi connectivity index (χ3n) is 2.92. The minimum atomic E-state index is -0.764. The van der Waals surface area contributed by atoms with E-state index in [0.29, 0.717) is 25.8 Å². The molecule has 0 atom stereocenters. The van der Waals surface area contributed by atoms with Crippen LogP contribution in [0.4, 0.5) is 0 Å². The average molecular weight is 267 g/mol. The lowest BCUT2D eigenvalue weighted by molar-refractivity contribution is -0.137. The zero-order chi connectivity index (χ0) is 14.1. The molecule has 0 aliphatic rings. The molecular formula is C13H21N3O3. The number of nitrogens with zero attached hydrogens (tertiary/aromatic N) is 2. The first-order valence-corrected chi connectivity index (χ1v) is 6.55. The molecule has 0 saturated carbocycles. The van der Waals surface area contributed by atoms with Crippen LogP contribution in [-0.4, -0.2) is 33.3 Å². The van der Waals surface area contributed by atoms with Crippen molar-refractivity contribution in [2.45, 2.75) is 38.5 Å². The van der Waals surface area contributed by atoms with Gasteiger partial charge in [-0.1, -0.05) is 6.42 Å². The Kier molecular flexibility index (Phi) is 6.63. The van der Waals surface area contributed by atoms with Crippen LogP contribution in [0.15, 0.2) is 12.3 Å². The predicted molar refractivity (Wildman–Crippen MR) is 70.6 cm³/mol. The van der Waals surface area contributed by atoms with Crippen molar-refractivity contribution >= 4 is 11.9 Å². The summed E-state index contributed by atoms with van der Waals surface area (Å²) in [7, 11) is 1.86. The molecule has 1 amide bonds. The Morgan fingerprint density at radius 1 is 1.32 bits per heavy atom. The molecule has 0 spiro atoms. The van der Waals surface area contributed by atoms with Crippen molar-refractivity contribution in [1.82, 2.24) is 15.1 Å². The highest BCUT2D eigenvalue weighted by atomic mass is 16.4. The number of amides is 1. The molecule has 0 aliphatic heterocycles. The van der Waals surface area contributed by atoms with E-state index < -0.39 is 5.97 Å². The highest BCUT2D eigenvalue weighted by Crippen LogP contribution is 2.01. The Bertz CT molecular complexity index is 415. The van der Waals surface area contributed by atoms with Gasteiger partial charge in [-0.15, -0.1) is 0 Å². The van der Waals surface area contributed by atoms with Crippen LogP contribution in [0.3, 0.4) is 0 Å². The molecule has 1 aromatic rings. The summed E-state index contributed by atoms with van der Waals surface area (Å²) in [4.78, 5) is 21.8. The number of aliphatic carboxylic acids is 1. The second-order valence-electron chi connectivity index (χ2n) is 4.50. The number of carboxylic acid groups (broad SMARTS) is 1. The standard InChI is InChI=1S/C13H21N3O3/c1-16-11(8-10-15-16)6-7-12(17)14-9-4-2-3-5-13(18)19/h8,10H,2-7,9H2,1H3,(H,14,17)(H,18,19). The number of hydrogen-bond donors (Lipinski definition) is 2. The van der Waals surface area contributed by atoms with Gasteiger partial charge in [-0.05, 0) is 25.3 Å². The summed E-state index contributed by atoms with van der Waals surface area (Å²) in [5.41, 5.74) is 1.04. The predicted octanol–water partition coefficient (Wildman–Crippen LogP) is 1.11. The third kappa shape index (κ3) is 6.59. The molecule has 106 valence electrons. The number of carboxylic acids is 1. The number of nitrogens with one attached hydrogen (secondary N) is 1. The van der Waals surface area contributed by atoms with E-state index in [9.17, 15) is 9.59 Å². The van der Waals surface area contributed by atoms with Gasteiger partial charge in [0, 0.05) is 38.3 Å². The van der Waals surface area contributed by atoms with Gasteiger partial charge in [0.25, 0.3) is 0 Å². The lowest BCUT2D eigenvalue weighted by Crippen LogP contribution is -2.24. The number of carbonyl (C=O) groups excluding carboxylic acids is 1. The molecule has 0 fully saturated rings. The normalized spacial score (nSPS) is 10.4. The van der Waals surface area contributed by atoms with Gasteiger partial charge < -0.3 is 10.4 Å². The van der Waals surface area contributed by atoms with E-state index in [4.69, 9.17) is 5.11 Å². The lowest BCUT2D eigenvalue weighted by Gasteiger charge is -2.05. The summed E-state index contributed by atoms with van der Waals surface area (Å²) in [6, 6.07) is 1.90. The van der Waals surface area contributed by atoms with Crippen molar-refractivity contribution in [1.29, 1.82) is 0 Å². The first-order valence-electron chi connectivity index (χ1n) is 6.55. The summed E-state index contributed by atoms with van der Waals surface area (Å²) in [5, 5.41) is 15.3. The topological polar surface area (TPSA) is 84.2 Å². The van der Waals surface area contributed by atoms with Crippen molar-refractivity contribution in [2.75, 3.05) is 6.54 Å². The number of unbranched alkanes of at least 4 members (excludes halogenated alkanes) is 2. The molecule has 0 unspecified atom stereocenters. The largest absolute Gasteiger partial charge is 0.481 e. The molecule has 6 heteroatoms. The fraction of sp³-hybridized carbons (Fsp3) is 0.615. The molecule has 0 saturated heterocycles. The molecule has 0 aliphatic carbocycles. The highest BCUT2D eigenvalue weighted by Gasteiger charge is 2.04. The van der Waals surface area contributed by atoms with Gasteiger partial charge in [0.1, 0.15) is 0 Å². The summed E-state index contributed by atoms with van der Waals surface area (Å²) in [6.45, 7) is 0.615. The number of carbonyl (C=O) groups is 2. The van der Waals surface area contributed by atoms with E-state index >= 15 is 0 Å². The van der Waals surface area contributed by atoms with Crippen molar-refractivity contribution < 1.29 is 14.7 Å². The molecule has 1 rings (SSSR count). The summed E-state index contributed by atoms with van der Waals surface area (Å²) < 4.78 is 1.76. The first kappa shape index (κ1) is 15.2. The van der Waals surface area contributed by atoms with Gasteiger partial charge in [-0.3, -0.25) is 14.3 Å². The van der Waals surface area contributed by atoms with E-state index in [0.717, 1.165) is 18.5 Å². The Labute approximate surface area is 112 Å². The molecule has 19 heavy (non-hydrogen) atoms. The summed E-state index contributed by atoms with van der Waals surface area (Å²) in [6.07, 6.45) is 5.37. The van der Waals surface area contributed by atoms with Crippen molar-refractivity contribution in [2.24, 2.45) is 7.05 Å². The van der Waals surface area contributed by atoms with Gasteiger partial charge >= 0.3 is 5.97 Å². The van der Waals surface area contributed by atoms with Gasteiger partial charge in [0.2, 0.25) is 5.91 Å². The minimum Gasteiger partial charge on any atom is -0.481 e. The minimum absolute atomic E-state index is 0.0273. The molecule has 0 aromatic carbocycles. The van der Waals surface area contributed by atoms with Crippen LogP contribution in [0.2, 0.25) is 0 Å². The van der Waals surface area contributed by atoms with Crippen LogP contribution in [0.25, 0.3) is 0 Å². The second kappa shape index (κ2) is 8.29. The number of aryl methyl sites for hydroxylation is 2. The van der Waals surface area contributed by atoms with Gasteiger partial charge in [-0.25, -0.2) is 0 Å². The maximum atomic E-state index is 11.6. The molecule has 1 heterocycles. The Balaban J connectivity index is 2.02. The fourth-order valence-electron chi connectivity index (χ4n) is 1.78. The molecular weight excluding hydrogens is 246 g/mol. The molecule has 2 N–H and O–H groups in total. The first-order chi connectivity index (χ1) is 9.09. The van der Waals surface area contributed by atoms with Crippen LogP contribution in [0.5, 0.6) is 0 Å². The van der Waals surface area contributed by atoms with Gasteiger partial charge in [0.15, 0.2) is 0 Å². The second-order valence-corrected chi connectivity index (χ2v) is 4.50.